The van der Waals surface area contributed by atoms with Gasteiger partial charge in [-0.2, -0.15) is 0 Å². The molecule has 0 aromatic heterocycles. The molecule has 5 atom stereocenters. The molecule has 0 aliphatic carbocycles. The van der Waals surface area contributed by atoms with Crippen molar-refractivity contribution in [2.24, 2.45) is 0 Å². The Morgan fingerprint density at radius 3 is 2.67 bits per heavy atom. The van der Waals surface area contributed by atoms with Gasteiger partial charge in [-0.05, 0) is 13.8 Å². The average Bonchev–Trinajstić information content (AvgIpc) is 2.60. The lowest BCUT2D eigenvalue weighted by atomic mass is 10.1. The molecular formula is C10H17O4P. The molecule has 86 valence electrons. The summed E-state index contributed by atoms with van der Waals surface area (Å²) in [7, 11) is 2.61. The maximum absolute atomic E-state index is 8.72. The number of hydrogen-bond acceptors (Lipinski definition) is 4. The highest BCUT2D eigenvalue weighted by Crippen LogP contribution is 2.40. The van der Waals surface area contributed by atoms with Crippen LogP contribution in [0.25, 0.3) is 0 Å². The Balaban J connectivity index is 2.09. The van der Waals surface area contributed by atoms with Crippen molar-refractivity contribution in [1.82, 2.24) is 0 Å². The normalized spacial score (nSPS) is 43.7. The standard InChI is InChI=1S/C10H17O4P/c1-10(2)13-7-6(4-3-5-11)12-9(15)8(7)14-10/h3-4,6-9,11H,5,15H2,1-2H3/b4-3-/t6-,7-,8?,9-/m1/s1. The molecule has 2 rings (SSSR count). The second-order valence-electron chi connectivity index (χ2n) is 4.24. The zero-order valence-corrected chi connectivity index (χ0v) is 10.1. The summed E-state index contributed by atoms with van der Waals surface area (Å²) in [4.78, 5) is 0. The SMILES string of the molecule is CC1(C)OC2[C@@H](P)O[C@H](/C=C\CO)[C@H]2O1. The number of aliphatic hydroxyl groups is 1. The summed E-state index contributed by atoms with van der Waals surface area (Å²) in [6, 6.07) is 0. The molecule has 4 nitrogen and oxygen atoms in total. The van der Waals surface area contributed by atoms with Gasteiger partial charge in [-0.1, -0.05) is 12.2 Å². The van der Waals surface area contributed by atoms with Crippen LogP contribution < -0.4 is 0 Å². The number of fused-ring (bicyclic) bond motifs is 1. The molecule has 0 aromatic rings. The van der Waals surface area contributed by atoms with E-state index in [2.05, 4.69) is 9.24 Å². The fraction of sp³-hybridized carbons (Fsp3) is 0.800. The predicted octanol–water partition coefficient (Wildman–Crippen LogP) is 0.655. The smallest absolute Gasteiger partial charge is 0.164 e. The van der Waals surface area contributed by atoms with E-state index in [1.54, 1.807) is 6.08 Å². The molecule has 0 aromatic carbocycles. The maximum Gasteiger partial charge on any atom is 0.164 e. The van der Waals surface area contributed by atoms with Gasteiger partial charge in [0.2, 0.25) is 0 Å². The van der Waals surface area contributed by atoms with Crippen LogP contribution in [-0.2, 0) is 14.2 Å². The lowest BCUT2D eigenvalue weighted by molar-refractivity contribution is -0.174. The minimum atomic E-state index is -0.542. The number of rotatable bonds is 2. The second kappa shape index (κ2) is 4.11. The predicted molar refractivity (Wildman–Crippen MR) is 58.4 cm³/mol. The second-order valence-corrected chi connectivity index (χ2v) is 4.90. The molecule has 1 N–H and O–H groups in total. The lowest BCUT2D eigenvalue weighted by Gasteiger charge is -2.21. The average molecular weight is 232 g/mol. The molecule has 2 fully saturated rings. The minimum absolute atomic E-state index is 0.0169. The van der Waals surface area contributed by atoms with E-state index >= 15 is 0 Å². The summed E-state index contributed by atoms with van der Waals surface area (Å²) >= 11 is 0. The molecule has 2 unspecified atom stereocenters. The van der Waals surface area contributed by atoms with Crippen LogP contribution in [0, 0.1) is 0 Å². The van der Waals surface area contributed by atoms with Crippen LogP contribution in [0.2, 0.25) is 0 Å². The van der Waals surface area contributed by atoms with Gasteiger partial charge in [0.1, 0.15) is 24.2 Å². The summed E-state index contributed by atoms with van der Waals surface area (Å²) in [6.07, 6.45) is 3.24. The molecular weight excluding hydrogens is 215 g/mol. The molecule has 0 spiro atoms. The summed E-state index contributed by atoms with van der Waals surface area (Å²) in [5.41, 5.74) is 0. The van der Waals surface area contributed by atoms with E-state index in [1.165, 1.54) is 0 Å². The first-order valence-corrected chi connectivity index (χ1v) is 5.74. The van der Waals surface area contributed by atoms with Gasteiger partial charge in [-0.3, -0.25) is 0 Å². The lowest BCUT2D eigenvalue weighted by Crippen LogP contribution is -2.28. The highest BCUT2D eigenvalue weighted by Gasteiger charge is 2.52. The molecule has 15 heavy (non-hydrogen) atoms. The summed E-state index contributed by atoms with van der Waals surface area (Å²) < 4.78 is 17.1. The van der Waals surface area contributed by atoms with Crippen molar-refractivity contribution in [2.45, 2.75) is 43.8 Å². The zero-order valence-electron chi connectivity index (χ0n) is 8.92. The van der Waals surface area contributed by atoms with E-state index in [-0.39, 0.29) is 30.8 Å². The van der Waals surface area contributed by atoms with Crippen molar-refractivity contribution < 1.29 is 19.3 Å². The van der Waals surface area contributed by atoms with Gasteiger partial charge in [0.25, 0.3) is 0 Å². The fourth-order valence-corrected chi connectivity index (χ4v) is 2.49. The summed E-state index contributed by atoms with van der Waals surface area (Å²) in [6.45, 7) is 3.81. The molecule has 2 saturated heterocycles. The van der Waals surface area contributed by atoms with E-state index < -0.39 is 5.79 Å². The van der Waals surface area contributed by atoms with Gasteiger partial charge >= 0.3 is 0 Å². The third-order valence-corrected chi connectivity index (χ3v) is 3.09. The molecule has 0 amide bonds. The topological polar surface area (TPSA) is 47.9 Å². The maximum atomic E-state index is 8.72. The monoisotopic (exact) mass is 232 g/mol. The van der Waals surface area contributed by atoms with Crippen LogP contribution in [0.5, 0.6) is 0 Å². The van der Waals surface area contributed by atoms with Crippen molar-refractivity contribution >= 4 is 9.24 Å². The van der Waals surface area contributed by atoms with E-state index in [0.717, 1.165) is 0 Å². The van der Waals surface area contributed by atoms with E-state index in [0.29, 0.717) is 0 Å². The Hall–Kier alpha value is 0.0100. The number of aliphatic hydroxyl groups excluding tert-OH is 1. The first-order valence-electron chi connectivity index (χ1n) is 5.08. The summed E-state index contributed by atoms with van der Waals surface area (Å²) in [5.74, 6) is -0.593. The molecule has 2 heterocycles. The Bertz CT molecular complexity index is 266. The highest BCUT2D eigenvalue weighted by atomic mass is 31.0. The Morgan fingerprint density at radius 2 is 2.00 bits per heavy atom. The molecule has 0 radical (unpaired) electrons. The molecule has 2 aliphatic rings. The van der Waals surface area contributed by atoms with E-state index in [1.807, 2.05) is 19.9 Å². The first-order chi connectivity index (χ1) is 7.03. The minimum Gasteiger partial charge on any atom is -0.392 e. The quantitative estimate of drug-likeness (QED) is 0.561. The van der Waals surface area contributed by atoms with Crippen LogP contribution in [0.4, 0.5) is 0 Å². The van der Waals surface area contributed by atoms with Gasteiger partial charge < -0.3 is 19.3 Å². The molecule has 5 heteroatoms. The molecule has 0 saturated carbocycles. The number of hydrogen-bond donors (Lipinski definition) is 1. The highest BCUT2D eigenvalue weighted by molar-refractivity contribution is 7.17. The van der Waals surface area contributed by atoms with Crippen LogP contribution in [-0.4, -0.2) is 41.7 Å². The van der Waals surface area contributed by atoms with Crippen molar-refractivity contribution in [1.29, 1.82) is 0 Å². The fourth-order valence-electron chi connectivity index (χ4n) is 2.01. The van der Waals surface area contributed by atoms with Gasteiger partial charge in [0, 0.05) is 0 Å². The van der Waals surface area contributed by atoms with Gasteiger partial charge in [-0.25, -0.2) is 0 Å². The Labute approximate surface area is 91.8 Å². The first kappa shape index (κ1) is 11.5. The zero-order chi connectivity index (χ0) is 11.1. The number of ether oxygens (including phenoxy) is 3. The van der Waals surface area contributed by atoms with E-state index in [4.69, 9.17) is 19.3 Å². The third-order valence-electron chi connectivity index (χ3n) is 2.56. The van der Waals surface area contributed by atoms with E-state index in [9.17, 15) is 0 Å². The van der Waals surface area contributed by atoms with Crippen molar-refractivity contribution in [3.8, 4) is 0 Å². The Kier molecular flexibility index (Phi) is 3.15. The third kappa shape index (κ3) is 2.24. The van der Waals surface area contributed by atoms with Gasteiger partial charge in [-0.15, -0.1) is 9.24 Å². The van der Waals surface area contributed by atoms with Crippen LogP contribution in [0.3, 0.4) is 0 Å². The van der Waals surface area contributed by atoms with Crippen LogP contribution in [0.15, 0.2) is 12.2 Å². The van der Waals surface area contributed by atoms with Gasteiger partial charge in [0.15, 0.2) is 5.79 Å². The van der Waals surface area contributed by atoms with Gasteiger partial charge in [0.05, 0.1) is 6.61 Å². The van der Waals surface area contributed by atoms with Crippen molar-refractivity contribution in [2.75, 3.05) is 6.61 Å². The van der Waals surface area contributed by atoms with Crippen LogP contribution >= 0.6 is 9.24 Å². The van der Waals surface area contributed by atoms with Crippen LogP contribution in [0.1, 0.15) is 13.8 Å². The largest absolute Gasteiger partial charge is 0.392 e. The van der Waals surface area contributed by atoms with Crippen molar-refractivity contribution in [3.05, 3.63) is 12.2 Å². The molecule has 0 bridgehead atoms. The van der Waals surface area contributed by atoms with Crippen molar-refractivity contribution in [3.63, 3.8) is 0 Å². The molecule has 2 aliphatic heterocycles. The summed E-state index contributed by atoms with van der Waals surface area (Å²) in [5, 5.41) is 8.72. The Morgan fingerprint density at radius 1 is 1.33 bits per heavy atom.